The SMILES string of the molecule is CC(=O)NC1(C(=O)NC(C)c2ccc(OC(F)(F)C(F)(F)F)cc2)C=NC=CN1. The van der Waals surface area contributed by atoms with Crippen molar-refractivity contribution in [1.29, 1.82) is 0 Å². The molecule has 29 heavy (non-hydrogen) atoms. The van der Waals surface area contributed by atoms with Gasteiger partial charge in [-0.3, -0.25) is 14.6 Å². The van der Waals surface area contributed by atoms with Crippen LogP contribution in [-0.4, -0.2) is 36.0 Å². The molecule has 2 rings (SSSR count). The second-order valence-corrected chi connectivity index (χ2v) is 6.11. The molecule has 3 N–H and O–H groups in total. The van der Waals surface area contributed by atoms with E-state index >= 15 is 0 Å². The van der Waals surface area contributed by atoms with E-state index in [1.54, 1.807) is 6.92 Å². The van der Waals surface area contributed by atoms with Crippen molar-refractivity contribution in [2.24, 2.45) is 4.99 Å². The number of nitrogens with zero attached hydrogens (tertiary/aromatic N) is 1. The lowest BCUT2D eigenvalue weighted by Gasteiger charge is -2.32. The fraction of sp³-hybridized carbons (Fsp3) is 0.353. The summed E-state index contributed by atoms with van der Waals surface area (Å²) in [7, 11) is 0. The molecule has 0 aromatic heterocycles. The van der Waals surface area contributed by atoms with Gasteiger partial charge >= 0.3 is 12.3 Å². The van der Waals surface area contributed by atoms with Gasteiger partial charge in [-0.2, -0.15) is 22.0 Å². The lowest BCUT2D eigenvalue weighted by atomic mass is 10.1. The first-order valence-electron chi connectivity index (χ1n) is 8.16. The molecule has 1 aromatic rings. The van der Waals surface area contributed by atoms with Crippen LogP contribution < -0.4 is 20.7 Å². The number of rotatable bonds is 6. The summed E-state index contributed by atoms with van der Waals surface area (Å²) in [5, 5.41) is 7.71. The molecule has 2 amide bonds. The summed E-state index contributed by atoms with van der Waals surface area (Å²) in [5.74, 6) is -1.87. The number of carbonyl (C=O) groups is 2. The van der Waals surface area contributed by atoms with Crippen LogP contribution in [0.25, 0.3) is 0 Å². The van der Waals surface area contributed by atoms with Crippen LogP contribution in [0.15, 0.2) is 41.7 Å². The minimum absolute atomic E-state index is 0.391. The van der Waals surface area contributed by atoms with Gasteiger partial charge in [-0.15, -0.1) is 0 Å². The van der Waals surface area contributed by atoms with Gasteiger partial charge in [-0.1, -0.05) is 12.1 Å². The lowest BCUT2D eigenvalue weighted by molar-refractivity contribution is -0.360. The number of amides is 2. The van der Waals surface area contributed by atoms with Gasteiger partial charge in [-0.05, 0) is 24.6 Å². The highest BCUT2D eigenvalue weighted by Gasteiger charge is 2.61. The maximum absolute atomic E-state index is 12.9. The van der Waals surface area contributed by atoms with E-state index in [-0.39, 0.29) is 0 Å². The molecule has 0 saturated heterocycles. The largest absolute Gasteiger partial charge is 0.499 e. The van der Waals surface area contributed by atoms with Gasteiger partial charge in [-0.25, -0.2) is 0 Å². The minimum atomic E-state index is -5.85. The summed E-state index contributed by atoms with van der Waals surface area (Å²) < 4.78 is 66.2. The highest BCUT2D eigenvalue weighted by Crippen LogP contribution is 2.37. The van der Waals surface area contributed by atoms with Crippen LogP contribution in [0, 0.1) is 0 Å². The van der Waals surface area contributed by atoms with E-state index in [4.69, 9.17) is 0 Å². The van der Waals surface area contributed by atoms with E-state index < -0.39 is 41.6 Å². The van der Waals surface area contributed by atoms with E-state index in [0.29, 0.717) is 5.56 Å². The van der Waals surface area contributed by atoms with Gasteiger partial charge in [0.05, 0.1) is 12.3 Å². The van der Waals surface area contributed by atoms with E-state index in [2.05, 4.69) is 25.7 Å². The summed E-state index contributed by atoms with van der Waals surface area (Å²) in [6, 6.07) is 3.60. The Balaban J connectivity index is 2.09. The summed E-state index contributed by atoms with van der Waals surface area (Å²) in [4.78, 5) is 27.9. The van der Waals surface area contributed by atoms with Crippen LogP contribution in [0.1, 0.15) is 25.5 Å². The van der Waals surface area contributed by atoms with Gasteiger partial charge in [0.15, 0.2) is 0 Å². The maximum Gasteiger partial charge on any atom is 0.499 e. The zero-order valence-corrected chi connectivity index (χ0v) is 15.2. The lowest BCUT2D eigenvalue weighted by Crippen LogP contribution is -2.67. The summed E-state index contributed by atoms with van der Waals surface area (Å²) in [6.07, 6.45) is -7.28. The van der Waals surface area contributed by atoms with Crippen molar-refractivity contribution in [2.75, 3.05) is 0 Å². The van der Waals surface area contributed by atoms with Crippen molar-refractivity contribution in [2.45, 2.75) is 37.8 Å². The molecule has 0 radical (unpaired) electrons. The molecule has 1 aliphatic rings. The number of ether oxygens (including phenoxy) is 1. The Hall–Kier alpha value is -3.18. The number of hydrogen-bond donors (Lipinski definition) is 3. The van der Waals surface area contributed by atoms with E-state index in [1.807, 2.05) is 0 Å². The third kappa shape index (κ3) is 5.21. The predicted molar refractivity (Wildman–Crippen MR) is 91.9 cm³/mol. The van der Waals surface area contributed by atoms with Gasteiger partial charge in [0.25, 0.3) is 5.91 Å². The Bertz CT molecular complexity index is 823. The normalized spacial score (nSPS) is 19.8. The molecule has 158 valence electrons. The van der Waals surface area contributed by atoms with Crippen LogP contribution in [0.2, 0.25) is 0 Å². The average molecular weight is 420 g/mol. The summed E-state index contributed by atoms with van der Waals surface area (Å²) >= 11 is 0. The van der Waals surface area contributed by atoms with Crippen molar-refractivity contribution in [3.05, 3.63) is 42.2 Å². The van der Waals surface area contributed by atoms with Crippen molar-refractivity contribution < 1.29 is 36.3 Å². The number of hydrogen-bond acceptors (Lipinski definition) is 5. The van der Waals surface area contributed by atoms with Crippen LogP contribution in [-0.2, 0) is 9.59 Å². The minimum Gasteiger partial charge on any atom is -0.426 e. The number of alkyl halides is 5. The Morgan fingerprint density at radius 2 is 1.79 bits per heavy atom. The number of nitrogens with one attached hydrogen (secondary N) is 3. The zero-order chi connectivity index (χ0) is 21.9. The molecule has 1 heterocycles. The van der Waals surface area contributed by atoms with Gasteiger partial charge in [0.1, 0.15) is 5.75 Å². The fourth-order valence-electron chi connectivity index (χ4n) is 2.36. The van der Waals surface area contributed by atoms with Gasteiger partial charge in [0.2, 0.25) is 11.6 Å². The molecule has 1 aromatic carbocycles. The first kappa shape index (κ1) is 22.1. The molecule has 1 aliphatic heterocycles. The molecule has 0 aliphatic carbocycles. The topological polar surface area (TPSA) is 91.8 Å². The highest BCUT2D eigenvalue weighted by molar-refractivity contribution is 6.06. The van der Waals surface area contributed by atoms with Crippen LogP contribution >= 0.6 is 0 Å². The smallest absolute Gasteiger partial charge is 0.426 e. The second kappa shape index (κ2) is 8.05. The molecule has 12 heteroatoms. The Labute approximate surface area is 162 Å². The maximum atomic E-state index is 12.9. The summed E-state index contributed by atoms with van der Waals surface area (Å²) in [5.41, 5.74) is -1.24. The molecular weight excluding hydrogens is 403 g/mol. The molecule has 7 nitrogen and oxygen atoms in total. The number of halogens is 5. The fourth-order valence-corrected chi connectivity index (χ4v) is 2.36. The number of benzene rings is 1. The third-order valence-corrected chi connectivity index (χ3v) is 3.77. The van der Waals surface area contributed by atoms with Gasteiger partial charge in [0, 0.05) is 19.3 Å². The first-order valence-corrected chi connectivity index (χ1v) is 8.16. The van der Waals surface area contributed by atoms with E-state index in [0.717, 1.165) is 12.1 Å². The first-order chi connectivity index (χ1) is 13.4. The van der Waals surface area contributed by atoms with E-state index in [1.165, 1.54) is 37.7 Å². The third-order valence-electron chi connectivity index (χ3n) is 3.77. The molecule has 0 saturated carbocycles. The average Bonchev–Trinajstić information content (AvgIpc) is 2.61. The molecule has 0 spiro atoms. The Kier molecular flexibility index (Phi) is 6.14. The number of carbonyl (C=O) groups excluding carboxylic acids is 2. The Morgan fingerprint density at radius 1 is 1.17 bits per heavy atom. The molecule has 2 atom stereocenters. The predicted octanol–water partition coefficient (Wildman–Crippen LogP) is 2.38. The standard InChI is InChI=1S/C17H17F5N4O3/c1-10(25-14(28)15(26-11(2)27)9-23-7-8-24-15)12-3-5-13(6-4-12)29-17(21,22)16(18,19)20/h3-10,24H,1-2H3,(H,25,28)(H,26,27). The molecule has 2 unspecified atom stereocenters. The number of aliphatic imine (C=N–C) groups is 1. The van der Waals surface area contributed by atoms with Crippen molar-refractivity contribution in [1.82, 2.24) is 16.0 Å². The zero-order valence-electron chi connectivity index (χ0n) is 15.2. The monoisotopic (exact) mass is 420 g/mol. The second-order valence-electron chi connectivity index (χ2n) is 6.11. The van der Waals surface area contributed by atoms with Crippen LogP contribution in [0.5, 0.6) is 5.75 Å². The van der Waals surface area contributed by atoms with Gasteiger partial charge < -0.3 is 20.7 Å². The van der Waals surface area contributed by atoms with Crippen molar-refractivity contribution in [3.63, 3.8) is 0 Å². The van der Waals surface area contributed by atoms with Crippen molar-refractivity contribution >= 4 is 18.0 Å². The van der Waals surface area contributed by atoms with Crippen LogP contribution in [0.4, 0.5) is 22.0 Å². The molecule has 0 fully saturated rings. The summed E-state index contributed by atoms with van der Waals surface area (Å²) in [6.45, 7) is 2.76. The molecular formula is C17H17F5N4O3. The Morgan fingerprint density at radius 3 is 2.28 bits per heavy atom. The van der Waals surface area contributed by atoms with Crippen LogP contribution in [0.3, 0.4) is 0 Å². The van der Waals surface area contributed by atoms with Crippen molar-refractivity contribution in [3.8, 4) is 5.75 Å². The quantitative estimate of drug-likeness (QED) is 0.617. The highest BCUT2D eigenvalue weighted by atomic mass is 19.4. The molecule has 0 bridgehead atoms. The van der Waals surface area contributed by atoms with E-state index in [9.17, 15) is 31.5 Å².